The van der Waals surface area contributed by atoms with Crippen LogP contribution in [0.15, 0.2) is 24.5 Å². The van der Waals surface area contributed by atoms with E-state index in [0.717, 1.165) is 32.5 Å². The van der Waals surface area contributed by atoms with Crippen LogP contribution in [0.1, 0.15) is 23.2 Å². The molecule has 1 amide bonds. The van der Waals surface area contributed by atoms with E-state index in [1.807, 2.05) is 0 Å². The highest BCUT2D eigenvalue weighted by Gasteiger charge is 2.45. The molecule has 0 aliphatic carbocycles. The topological polar surface area (TPSA) is 129 Å². The van der Waals surface area contributed by atoms with Gasteiger partial charge < -0.3 is 25.2 Å². The summed E-state index contributed by atoms with van der Waals surface area (Å²) in [6.45, 7) is 3.52. The number of aliphatic carboxylic acids is 2. The lowest BCUT2D eigenvalue weighted by Crippen LogP contribution is -2.63. The quantitative estimate of drug-likeness (QED) is 0.536. The van der Waals surface area contributed by atoms with Gasteiger partial charge in [0.1, 0.15) is 0 Å². The molecule has 34 heavy (non-hydrogen) atoms. The number of carbonyl (C=O) groups is 3. The number of amides is 1. The highest BCUT2D eigenvalue weighted by Crippen LogP contribution is 2.34. The van der Waals surface area contributed by atoms with Gasteiger partial charge in [0.05, 0.1) is 17.8 Å². The number of rotatable bonds is 3. The van der Waals surface area contributed by atoms with Gasteiger partial charge in [-0.3, -0.25) is 9.78 Å². The lowest BCUT2D eigenvalue weighted by atomic mass is 9.83. The number of aromatic nitrogens is 1. The van der Waals surface area contributed by atoms with E-state index in [2.05, 4.69) is 22.2 Å². The smallest absolute Gasteiger partial charge is 0.475 e. The number of nitrogens with zero attached hydrogens (tertiary/aromatic N) is 2. The molecule has 1 atom stereocenters. The van der Waals surface area contributed by atoms with Crippen molar-refractivity contribution in [1.82, 2.24) is 15.2 Å². The minimum Gasteiger partial charge on any atom is -0.475 e. The van der Waals surface area contributed by atoms with Crippen LogP contribution in [0.5, 0.6) is 0 Å². The largest absolute Gasteiger partial charge is 0.490 e. The van der Waals surface area contributed by atoms with Crippen LogP contribution in [-0.4, -0.2) is 89.2 Å². The summed E-state index contributed by atoms with van der Waals surface area (Å²) in [5.74, 6) is -5.14. The minimum atomic E-state index is -5.08. The van der Waals surface area contributed by atoms with Gasteiger partial charge >= 0.3 is 24.3 Å². The third-order valence-electron chi connectivity index (χ3n) is 4.71. The SMILES string of the molecule is CN1CC2(CCC(CNC(=O)c3cccnc3)CO2)C1.O=C(O)C(F)(F)F.O=C(O)C(F)(F)F. The fraction of sp³-hybridized carbons (Fsp3) is 0.579. The second-order valence-corrected chi connectivity index (χ2v) is 7.63. The number of alkyl halides is 6. The predicted molar refractivity (Wildman–Crippen MR) is 103 cm³/mol. The van der Waals surface area contributed by atoms with E-state index >= 15 is 0 Å². The second-order valence-electron chi connectivity index (χ2n) is 7.63. The molecule has 15 heteroatoms. The van der Waals surface area contributed by atoms with E-state index in [1.165, 1.54) is 0 Å². The average Bonchev–Trinajstić information content (AvgIpc) is 2.72. The first-order chi connectivity index (χ1) is 15.6. The molecule has 2 saturated heterocycles. The Hall–Kier alpha value is -2.94. The summed E-state index contributed by atoms with van der Waals surface area (Å²) in [6, 6.07) is 3.55. The zero-order chi connectivity index (χ0) is 26.2. The number of carboxylic acids is 2. The molecule has 0 saturated carbocycles. The van der Waals surface area contributed by atoms with E-state index in [0.29, 0.717) is 18.0 Å². The number of hydrogen-bond acceptors (Lipinski definition) is 6. The Morgan fingerprint density at radius 1 is 1.15 bits per heavy atom. The summed E-state index contributed by atoms with van der Waals surface area (Å²) in [5, 5.41) is 17.2. The van der Waals surface area contributed by atoms with Gasteiger partial charge in [-0.1, -0.05) is 0 Å². The van der Waals surface area contributed by atoms with E-state index < -0.39 is 24.3 Å². The van der Waals surface area contributed by atoms with E-state index in [4.69, 9.17) is 24.5 Å². The van der Waals surface area contributed by atoms with Crippen molar-refractivity contribution in [3.63, 3.8) is 0 Å². The Bertz CT molecular complexity index is 794. The molecule has 3 heterocycles. The molecule has 3 rings (SSSR count). The van der Waals surface area contributed by atoms with Gasteiger partial charge in [0.2, 0.25) is 0 Å². The van der Waals surface area contributed by atoms with Gasteiger partial charge in [-0.2, -0.15) is 26.3 Å². The van der Waals surface area contributed by atoms with Crippen LogP contribution in [0.3, 0.4) is 0 Å². The van der Waals surface area contributed by atoms with Crippen LogP contribution < -0.4 is 5.32 Å². The number of ether oxygens (including phenoxy) is 1. The average molecular weight is 503 g/mol. The number of likely N-dealkylation sites (tertiary alicyclic amines) is 1. The molecule has 1 aromatic rings. The Kier molecular flexibility index (Phi) is 10.2. The van der Waals surface area contributed by atoms with Crippen molar-refractivity contribution in [2.75, 3.05) is 33.3 Å². The summed E-state index contributed by atoms with van der Waals surface area (Å²) >= 11 is 0. The number of hydrogen-bond donors (Lipinski definition) is 3. The Labute approximate surface area is 189 Å². The normalized spacial score (nSPS) is 19.4. The second kappa shape index (κ2) is 12.0. The monoisotopic (exact) mass is 503 g/mol. The van der Waals surface area contributed by atoms with Gasteiger partial charge in [-0.25, -0.2) is 9.59 Å². The Morgan fingerprint density at radius 3 is 2.03 bits per heavy atom. The standard InChI is InChI=1S/C15H21N3O2.2C2HF3O2/c1-18-10-15(11-18)5-4-12(9-20-15)7-17-14(19)13-3-2-6-16-8-13;2*3-2(4,5)1(6)7/h2-3,6,8,12H,4-5,7,9-11H2,1H3,(H,17,19);2*(H,6,7). The maximum Gasteiger partial charge on any atom is 0.490 e. The first-order valence-corrected chi connectivity index (χ1v) is 9.67. The highest BCUT2D eigenvalue weighted by atomic mass is 19.4. The van der Waals surface area contributed by atoms with Crippen molar-refractivity contribution in [1.29, 1.82) is 0 Å². The Balaban J connectivity index is 0.000000343. The van der Waals surface area contributed by atoms with Crippen LogP contribution >= 0.6 is 0 Å². The summed E-state index contributed by atoms with van der Waals surface area (Å²) in [7, 11) is 2.12. The van der Waals surface area contributed by atoms with Gasteiger partial charge in [-0.05, 0) is 37.9 Å². The van der Waals surface area contributed by atoms with Crippen molar-refractivity contribution in [2.45, 2.75) is 30.8 Å². The molecule has 1 unspecified atom stereocenters. The molecule has 1 spiro atoms. The number of likely N-dealkylation sites (N-methyl/N-ethyl adjacent to an activating group) is 1. The first kappa shape index (κ1) is 29.1. The lowest BCUT2D eigenvalue weighted by Gasteiger charge is -2.51. The molecule has 1 aromatic heterocycles. The van der Waals surface area contributed by atoms with Gasteiger partial charge in [0.15, 0.2) is 0 Å². The molecular weight excluding hydrogens is 480 g/mol. The maximum atomic E-state index is 11.9. The molecule has 3 N–H and O–H groups in total. The molecule has 9 nitrogen and oxygen atoms in total. The maximum absolute atomic E-state index is 11.9. The summed E-state index contributed by atoms with van der Waals surface area (Å²) in [5.41, 5.74) is 0.722. The van der Waals surface area contributed by atoms with Gasteiger partial charge in [0, 0.05) is 32.0 Å². The lowest BCUT2D eigenvalue weighted by molar-refractivity contribution is -0.193. The van der Waals surface area contributed by atoms with Crippen LogP contribution in [0, 0.1) is 5.92 Å². The number of nitrogens with one attached hydrogen (secondary N) is 1. The van der Waals surface area contributed by atoms with Crippen LogP contribution in [0.25, 0.3) is 0 Å². The molecule has 2 aliphatic rings. The van der Waals surface area contributed by atoms with Crippen molar-refractivity contribution in [3.05, 3.63) is 30.1 Å². The van der Waals surface area contributed by atoms with Crippen molar-refractivity contribution >= 4 is 17.8 Å². The zero-order valence-corrected chi connectivity index (χ0v) is 17.8. The van der Waals surface area contributed by atoms with Crippen molar-refractivity contribution in [3.8, 4) is 0 Å². The first-order valence-electron chi connectivity index (χ1n) is 9.67. The fourth-order valence-electron chi connectivity index (χ4n) is 3.10. The van der Waals surface area contributed by atoms with Gasteiger partial charge in [-0.15, -0.1) is 0 Å². The number of carboxylic acid groups (broad SMARTS) is 2. The van der Waals surface area contributed by atoms with Gasteiger partial charge in [0.25, 0.3) is 5.91 Å². The van der Waals surface area contributed by atoms with Crippen LogP contribution in [0.4, 0.5) is 26.3 Å². The third-order valence-corrected chi connectivity index (χ3v) is 4.71. The highest BCUT2D eigenvalue weighted by molar-refractivity contribution is 5.93. The van der Waals surface area contributed by atoms with Crippen molar-refractivity contribution in [2.24, 2.45) is 5.92 Å². The van der Waals surface area contributed by atoms with Crippen LogP contribution in [0.2, 0.25) is 0 Å². The number of halogens is 6. The fourth-order valence-corrected chi connectivity index (χ4v) is 3.10. The summed E-state index contributed by atoms with van der Waals surface area (Å²) in [4.78, 5) is 36.0. The van der Waals surface area contributed by atoms with E-state index in [1.54, 1.807) is 24.5 Å². The third kappa shape index (κ3) is 9.91. The van der Waals surface area contributed by atoms with E-state index in [9.17, 15) is 31.1 Å². The molecule has 0 aromatic carbocycles. The van der Waals surface area contributed by atoms with Crippen LogP contribution in [-0.2, 0) is 14.3 Å². The molecule has 2 aliphatic heterocycles. The van der Waals surface area contributed by atoms with Crippen molar-refractivity contribution < 1.29 is 55.7 Å². The predicted octanol–water partition coefficient (Wildman–Crippen LogP) is 2.19. The molecular formula is C19H23F6N3O6. The minimum absolute atomic E-state index is 0.0539. The number of pyridine rings is 1. The molecule has 0 bridgehead atoms. The molecule has 0 radical (unpaired) electrons. The molecule has 192 valence electrons. The zero-order valence-electron chi connectivity index (χ0n) is 17.8. The Morgan fingerprint density at radius 2 is 1.68 bits per heavy atom. The summed E-state index contributed by atoms with van der Waals surface area (Å²) < 4.78 is 69.5. The number of carbonyl (C=O) groups excluding carboxylic acids is 1. The molecule has 2 fully saturated rings. The van der Waals surface area contributed by atoms with E-state index in [-0.39, 0.29) is 11.5 Å². The summed E-state index contributed by atoms with van der Waals surface area (Å²) in [6.07, 6.45) is -4.68.